The summed E-state index contributed by atoms with van der Waals surface area (Å²) in [5, 5.41) is 14.4. The van der Waals surface area contributed by atoms with Crippen LogP contribution in [0.3, 0.4) is 0 Å². The van der Waals surface area contributed by atoms with Gasteiger partial charge >= 0.3 is 0 Å². The number of hydrogen-bond acceptors (Lipinski definition) is 5. The van der Waals surface area contributed by atoms with Crippen LogP contribution < -0.4 is 5.32 Å². The molecule has 0 fully saturated rings. The average Bonchev–Trinajstić information content (AvgIpc) is 3.17. The van der Waals surface area contributed by atoms with Crippen molar-refractivity contribution in [3.8, 4) is 0 Å². The van der Waals surface area contributed by atoms with Gasteiger partial charge in [0.15, 0.2) is 0 Å². The lowest BCUT2D eigenvalue weighted by atomic mass is 10.1. The van der Waals surface area contributed by atoms with E-state index in [0.717, 1.165) is 5.56 Å². The van der Waals surface area contributed by atoms with E-state index in [1.807, 2.05) is 0 Å². The number of sulfonamides is 1. The van der Waals surface area contributed by atoms with Crippen molar-refractivity contribution in [1.29, 1.82) is 0 Å². The molecule has 0 unspecified atom stereocenters. The molecular formula is C21H24N4O5S. The molecule has 2 N–H and O–H groups in total. The highest BCUT2D eigenvalue weighted by Gasteiger charge is 2.22. The number of hydrogen-bond donors (Lipinski definition) is 2. The molecule has 3 aromatic rings. The van der Waals surface area contributed by atoms with Crippen LogP contribution in [-0.2, 0) is 10.0 Å². The lowest BCUT2D eigenvalue weighted by Gasteiger charge is -2.19. The Morgan fingerprint density at radius 1 is 1.16 bits per heavy atom. The Bertz CT molecular complexity index is 1210. The van der Waals surface area contributed by atoms with Crippen LogP contribution in [0.5, 0.6) is 0 Å². The number of benzene rings is 2. The molecule has 2 aromatic carbocycles. The highest BCUT2D eigenvalue weighted by atomic mass is 32.2. The van der Waals surface area contributed by atoms with Gasteiger partial charge < -0.3 is 10.3 Å². The maximum absolute atomic E-state index is 12.8. The van der Waals surface area contributed by atoms with Gasteiger partial charge in [-0.2, -0.15) is 4.31 Å². The minimum atomic E-state index is -3.55. The third kappa shape index (κ3) is 4.44. The summed E-state index contributed by atoms with van der Waals surface area (Å²) in [6.07, 6.45) is 1.51. The molecule has 1 aromatic heterocycles. The van der Waals surface area contributed by atoms with Crippen LogP contribution in [0.4, 0.5) is 5.69 Å². The van der Waals surface area contributed by atoms with Gasteiger partial charge in [0, 0.05) is 42.3 Å². The Hall–Kier alpha value is -3.24. The Labute approximate surface area is 180 Å². The second kappa shape index (κ2) is 8.86. The lowest BCUT2D eigenvalue weighted by Crippen LogP contribution is -2.30. The van der Waals surface area contributed by atoms with E-state index in [-0.39, 0.29) is 16.5 Å². The molecule has 0 bridgehead atoms. The first-order valence-corrected chi connectivity index (χ1v) is 11.3. The predicted molar refractivity (Wildman–Crippen MR) is 117 cm³/mol. The van der Waals surface area contributed by atoms with Crippen molar-refractivity contribution >= 4 is 32.5 Å². The SMILES string of the molecule is CCN(CC)S(=O)(=O)c1ccc([C@H](C)NC(=O)c2c[nH]c3ccc([N+](=O)[O-])cc23)cc1. The molecule has 9 nitrogen and oxygen atoms in total. The maximum Gasteiger partial charge on any atom is 0.270 e. The molecule has 1 heterocycles. The van der Waals surface area contributed by atoms with Gasteiger partial charge in [-0.1, -0.05) is 26.0 Å². The molecule has 0 aliphatic rings. The molecule has 1 atom stereocenters. The van der Waals surface area contributed by atoms with Crippen molar-refractivity contribution < 1.29 is 18.1 Å². The van der Waals surface area contributed by atoms with Crippen LogP contribution in [0.1, 0.15) is 42.7 Å². The van der Waals surface area contributed by atoms with E-state index >= 15 is 0 Å². The van der Waals surface area contributed by atoms with E-state index in [4.69, 9.17) is 0 Å². The Balaban J connectivity index is 1.80. The summed E-state index contributed by atoms with van der Waals surface area (Å²) in [4.78, 5) is 26.4. The van der Waals surface area contributed by atoms with Crippen LogP contribution in [-0.4, -0.2) is 41.6 Å². The molecule has 0 saturated heterocycles. The largest absolute Gasteiger partial charge is 0.360 e. The van der Waals surface area contributed by atoms with Gasteiger partial charge in [-0.15, -0.1) is 0 Å². The molecule has 0 radical (unpaired) electrons. The first kappa shape index (κ1) is 22.4. The summed E-state index contributed by atoms with van der Waals surface area (Å²) in [6.45, 7) is 6.12. The number of aromatic amines is 1. The van der Waals surface area contributed by atoms with E-state index < -0.39 is 21.0 Å². The summed E-state index contributed by atoms with van der Waals surface area (Å²) in [5.74, 6) is -0.390. The van der Waals surface area contributed by atoms with Crippen molar-refractivity contribution in [3.05, 3.63) is 69.9 Å². The predicted octanol–water partition coefficient (Wildman–Crippen LogP) is 3.60. The monoisotopic (exact) mass is 444 g/mol. The molecule has 164 valence electrons. The number of H-pyrrole nitrogens is 1. The normalized spacial score (nSPS) is 12.8. The molecule has 10 heteroatoms. The van der Waals surface area contributed by atoms with Gasteiger partial charge in [0.05, 0.1) is 21.4 Å². The third-order valence-electron chi connectivity index (χ3n) is 5.19. The molecule has 0 aliphatic heterocycles. The van der Waals surface area contributed by atoms with Gasteiger partial charge in [0.25, 0.3) is 11.6 Å². The number of non-ortho nitro benzene ring substituents is 1. The summed E-state index contributed by atoms with van der Waals surface area (Å²) in [7, 11) is -3.55. The molecule has 1 amide bonds. The minimum absolute atomic E-state index is 0.0980. The minimum Gasteiger partial charge on any atom is -0.360 e. The average molecular weight is 445 g/mol. The second-order valence-electron chi connectivity index (χ2n) is 7.04. The Kier molecular flexibility index (Phi) is 6.42. The number of carbonyl (C=O) groups excluding carboxylic acids is 1. The Morgan fingerprint density at radius 3 is 2.39 bits per heavy atom. The van der Waals surface area contributed by atoms with Gasteiger partial charge in [-0.25, -0.2) is 8.42 Å². The van der Waals surface area contributed by atoms with Gasteiger partial charge in [-0.3, -0.25) is 14.9 Å². The summed E-state index contributed by atoms with van der Waals surface area (Å²) in [5.41, 5.74) is 1.55. The highest BCUT2D eigenvalue weighted by Crippen LogP contribution is 2.25. The number of aromatic nitrogens is 1. The maximum atomic E-state index is 12.8. The first-order chi connectivity index (χ1) is 14.7. The standard InChI is InChI=1S/C21H24N4O5S/c1-4-24(5-2)31(29,30)17-9-6-15(7-10-17)14(3)23-21(26)19-13-22-20-11-8-16(25(27)28)12-18(19)20/h6-14,22H,4-5H2,1-3H3,(H,23,26)/t14-/m0/s1. The van der Waals surface area contributed by atoms with E-state index in [9.17, 15) is 23.3 Å². The fourth-order valence-electron chi connectivity index (χ4n) is 3.41. The van der Waals surface area contributed by atoms with Crippen molar-refractivity contribution in [1.82, 2.24) is 14.6 Å². The van der Waals surface area contributed by atoms with E-state index in [1.54, 1.807) is 39.0 Å². The summed E-state index contributed by atoms with van der Waals surface area (Å²) >= 11 is 0. The van der Waals surface area contributed by atoms with Gasteiger partial charge in [0.1, 0.15) is 0 Å². The third-order valence-corrected chi connectivity index (χ3v) is 7.26. The van der Waals surface area contributed by atoms with Crippen molar-refractivity contribution in [2.24, 2.45) is 0 Å². The fraction of sp³-hybridized carbons (Fsp3) is 0.286. The molecule has 0 spiro atoms. The fourth-order valence-corrected chi connectivity index (χ4v) is 4.87. The van der Waals surface area contributed by atoms with E-state index in [2.05, 4.69) is 10.3 Å². The van der Waals surface area contributed by atoms with Crippen LogP contribution in [0.2, 0.25) is 0 Å². The lowest BCUT2D eigenvalue weighted by molar-refractivity contribution is -0.384. The number of nitro groups is 1. The number of nitrogens with one attached hydrogen (secondary N) is 2. The second-order valence-corrected chi connectivity index (χ2v) is 8.98. The van der Waals surface area contributed by atoms with Gasteiger partial charge in [-0.05, 0) is 30.7 Å². The van der Waals surface area contributed by atoms with Crippen molar-refractivity contribution in [2.75, 3.05) is 13.1 Å². The van der Waals surface area contributed by atoms with Crippen LogP contribution in [0, 0.1) is 10.1 Å². The molecule has 0 aliphatic carbocycles. The molecular weight excluding hydrogens is 420 g/mol. The van der Waals surface area contributed by atoms with Crippen LogP contribution in [0.25, 0.3) is 10.9 Å². The zero-order chi connectivity index (χ0) is 22.8. The molecule has 31 heavy (non-hydrogen) atoms. The topological polar surface area (TPSA) is 125 Å². The summed E-state index contributed by atoms with van der Waals surface area (Å²) in [6, 6.07) is 10.3. The van der Waals surface area contributed by atoms with E-state index in [1.165, 1.54) is 34.8 Å². The Morgan fingerprint density at radius 2 is 1.81 bits per heavy atom. The first-order valence-electron chi connectivity index (χ1n) is 9.85. The zero-order valence-corrected chi connectivity index (χ0v) is 18.3. The number of carbonyl (C=O) groups is 1. The zero-order valence-electron chi connectivity index (χ0n) is 17.5. The van der Waals surface area contributed by atoms with Crippen molar-refractivity contribution in [3.63, 3.8) is 0 Å². The van der Waals surface area contributed by atoms with Gasteiger partial charge in [0.2, 0.25) is 10.0 Å². The number of nitro benzene ring substituents is 1. The van der Waals surface area contributed by atoms with Crippen LogP contribution in [0.15, 0.2) is 53.6 Å². The van der Waals surface area contributed by atoms with E-state index in [0.29, 0.717) is 29.6 Å². The number of rotatable bonds is 8. The molecule has 0 saturated carbocycles. The number of nitrogens with zero attached hydrogens (tertiary/aromatic N) is 2. The highest BCUT2D eigenvalue weighted by molar-refractivity contribution is 7.89. The van der Waals surface area contributed by atoms with Crippen LogP contribution >= 0.6 is 0 Å². The summed E-state index contributed by atoms with van der Waals surface area (Å²) < 4.78 is 26.6. The quantitative estimate of drug-likeness (QED) is 0.406. The van der Waals surface area contributed by atoms with Crippen molar-refractivity contribution in [2.45, 2.75) is 31.7 Å². The molecule has 3 rings (SSSR count). The number of amides is 1. The number of fused-ring (bicyclic) bond motifs is 1. The smallest absolute Gasteiger partial charge is 0.270 e.